The van der Waals surface area contributed by atoms with Gasteiger partial charge in [0.1, 0.15) is 0 Å². The van der Waals surface area contributed by atoms with Gasteiger partial charge >= 0.3 is 5.97 Å². The molecule has 0 radical (unpaired) electrons. The average molecular weight is 369 g/mol. The highest BCUT2D eigenvalue weighted by Crippen LogP contribution is 2.16. The first kappa shape index (κ1) is 18.5. The largest absolute Gasteiger partial charge is 0.452 e. The first-order chi connectivity index (χ1) is 11.7. The maximum absolute atomic E-state index is 13.1. The number of carbonyl (C=O) groups excluding carboxylic acids is 2. The number of carbonyl (C=O) groups is 2. The second-order valence-electron chi connectivity index (χ2n) is 5.02. The molecule has 25 heavy (non-hydrogen) atoms. The van der Waals surface area contributed by atoms with Crippen molar-refractivity contribution >= 4 is 27.4 Å². The van der Waals surface area contributed by atoms with Gasteiger partial charge in [-0.1, -0.05) is 12.1 Å². The number of hydrogen-bond donors (Lipinski definition) is 1. The Kier molecular flexibility index (Phi) is 5.48. The van der Waals surface area contributed by atoms with E-state index in [1.165, 1.54) is 24.3 Å². The van der Waals surface area contributed by atoms with Gasteiger partial charge in [0.2, 0.25) is 0 Å². The van der Waals surface area contributed by atoms with E-state index >= 15 is 0 Å². The topological polar surface area (TPSA) is 89.5 Å². The first-order valence-corrected chi connectivity index (χ1v) is 8.79. The minimum Gasteiger partial charge on any atom is -0.452 e. The van der Waals surface area contributed by atoms with Crippen LogP contribution in [0.5, 0.6) is 0 Å². The van der Waals surface area contributed by atoms with Crippen LogP contribution in [0.1, 0.15) is 10.4 Å². The molecular weight excluding hydrogens is 356 g/mol. The summed E-state index contributed by atoms with van der Waals surface area (Å²) in [4.78, 5) is 23.5. The molecule has 1 amide bonds. The van der Waals surface area contributed by atoms with Gasteiger partial charge in [0.15, 0.2) is 28.1 Å². The summed E-state index contributed by atoms with van der Waals surface area (Å²) in [6.45, 7) is -0.726. The second kappa shape index (κ2) is 7.39. The SMILES string of the molecule is CS(=O)(=O)c1ccccc1C(=O)OCC(=O)Nc1ccc(F)c(F)c1. The maximum atomic E-state index is 13.1. The summed E-state index contributed by atoms with van der Waals surface area (Å²) in [5.74, 6) is -4.00. The number of sulfone groups is 1. The fourth-order valence-electron chi connectivity index (χ4n) is 1.94. The molecule has 1 N–H and O–H groups in total. The molecule has 2 aromatic rings. The van der Waals surface area contributed by atoms with Gasteiger partial charge in [-0.2, -0.15) is 0 Å². The van der Waals surface area contributed by atoms with Crippen molar-refractivity contribution in [1.29, 1.82) is 0 Å². The number of rotatable bonds is 5. The number of esters is 1. The minimum absolute atomic E-state index is 0.0171. The Balaban J connectivity index is 2.03. The van der Waals surface area contributed by atoms with E-state index in [2.05, 4.69) is 5.32 Å². The smallest absolute Gasteiger partial charge is 0.339 e. The lowest BCUT2D eigenvalue weighted by Crippen LogP contribution is -2.21. The Morgan fingerprint density at radius 2 is 1.76 bits per heavy atom. The molecular formula is C16H13F2NO5S. The summed E-state index contributed by atoms with van der Waals surface area (Å²) >= 11 is 0. The second-order valence-corrected chi connectivity index (χ2v) is 7.01. The molecule has 0 spiro atoms. The summed E-state index contributed by atoms with van der Waals surface area (Å²) in [6, 6.07) is 8.14. The number of amides is 1. The summed E-state index contributed by atoms with van der Waals surface area (Å²) in [5, 5.41) is 2.22. The molecule has 0 saturated heterocycles. The first-order valence-electron chi connectivity index (χ1n) is 6.89. The maximum Gasteiger partial charge on any atom is 0.339 e. The van der Waals surface area contributed by atoms with E-state index in [0.29, 0.717) is 0 Å². The van der Waals surface area contributed by atoms with Gasteiger partial charge in [0.25, 0.3) is 5.91 Å². The zero-order chi connectivity index (χ0) is 18.6. The van der Waals surface area contributed by atoms with E-state index in [0.717, 1.165) is 24.5 Å². The van der Waals surface area contributed by atoms with Crippen LogP contribution in [0, 0.1) is 11.6 Å². The number of benzene rings is 2. The van der Waals surface area contributed by atoms with Crippen LogP contribution in [0.15, 0.2) is 47.4 Å². The number of hydrogen-bond acceptors (Lipinski definition) is 5. The Morgan fingerprint density at radius 3 is 2.40 bits per heavy atom. The number of nitrogens with one attached hydrogen (secondary N) is 1. The van der Waals surface area contributed by atoms with Crippen molar-refractivity contribution in [3.63, 3.8) is 0 Å². The zero-order valence-electron chi connectivity index (χ0n) is 13.0. The summed E-state index contributed by atoms with van der Waals surface area (Å²) in [7, 11) is -3.65. The normalized spacial score (nSPS) is 11.0. The molecule has 0 aliphatic heterocycles. The molecule has 0 unspecified atom stereocenters. The molecule has 0 aromatic heterocycles. The molecule has 6 nitrogen and oxygen atoms in total. The third kappa shape index (κ3) is 4.83. The van der Waals surface area contributed by atoms with Crippen molar-refractivity contribution in [1.82, 2.24) is 0 Å². The van der Waals surface area contributed by atoms with E-state index in [1.807, 2.05) is 0 Å². The van der Waals surface area contributed by atoms with E-state index in [9.17, 15) is 26.8 Å². The van der Waals surface area contributed by atoms with Gasteiger partial charge in [-0.25, -0.2) is 22.0 Å². The third-order valence-electron chi connectivity index (χ3n) is 3.04. The van der Waals surface area contributed by atoms with Crippen LogP contribution >= 0.6 is 0 Å². The van der Waals surface area contributed by atoms with Gasteiger partial charge in [0.05, 0.1) is 10.5 Å². The molecule has 0 fully saturated rings. The van der Waals surface area contributed by atoms with Crippen molar-refractivity contribution in [3.8, 4) is 0 Å². The summed E-state index contributed by atoms with van der Waals surface area (Å²) < 4.78 is 53.9. The number of ether oxygens (including phenoxy) is 1. The minimum atomic E-state index is -3.65. The Hall–Kier alpha value is -2.81. The van der Waals surface area contributed by atoms with Crippen LogP contribution in [-0.4, -0.2) is 33.2 Å². The van der Waals surface area contributed by atoms with Gasteiger partial charge < -0.3 is 10.1 Å². The molecule has 0 bridgehead atoms. The molecule has 0 aliphatic rings. The van der Waals surface area contributed by atoms with Crippen LogP contribution in [-0.2, 0) is 19.4 Å². The molecule has 0 saturated carbocycles. The van der Waals surface area contributed by atoms with Crippen LogP contribution in [0.2, 0.25) is 0 Å². The summed E-state index contributed by atoms with van der Waals surface area (Å²) in [5.41, 5.74) is -0.220. The number of halogens is 2. The molecule has 2 rings (SSSR count). The van der Waals surface area contributed by atoms with Crippen LogP contribution in [0.3, 0.4) is 0 Å². The van der Waals surface area contributed by atoms with Gasteiger partial charge in [-0.3, -0.25) is 4.79 Å². The molecule has 132 valence electrons. The summed E-state index contributed by atoms with van der Waals surface area (Å²) in [6.07, 6.45) is 0.939. The van der Waals surface area contributed by atoms with Crippen LogP contribution in [0.25, 0.3) is 0 Å². The molecule has 0 heterocycles. The van der Waals surface area contributed by atoms with Crippen molar-refractivity contribution in [2.24, 2.45) is 0 Å². The van der Waals surface area contributed by atoms with Crippen molar-refractivity contribution in [2.45, 2.75) is 4.90 Å². The predicted octanol–water partition coefficient (Wildman–Crippen LogP) is 2.16. The van der Waals surface area contributed by atoms with Gasteiger partial charge in [-0.15, -0.1) is 0 Å². The van der Waals surface area contributed by atoms with Gasteiger partial charge in [-0.05, 0) is 24.3 Å². The fraction of sp³-hybridized carbons (Fsp3) is 0.125. The highest BCUT2D eigenvalue weighted by Gasteiger charge is 2.20. The Morgan fingerprint density at radius 1 is 1.08 bits per heavy atom. The molecule has 0 atom stereocenters. The fourth-order valence-corrected chi connectivity index (χ4v) is 2.82. The standard InChI is InChI=1S/C16H13F2NO5S/c1-25(22,23)14-5-3-2-4-11(14)16(21)24-9-15(20)19-10-6-7-12(17)13(18)8-10/h2-8H,9H2,1H3,(H,19,20). The quantitative estimate of drug-likeness (QED) is 0.816. The predicted molar refractivity (Wildman–Crippen MR) is 84.8 cm³/mol. The lowest BCUT2D eigenvalue weighted by molar-refractivity contribution is -0.119. The van der Waals surface area contributed by atoms with Crippen LogP contribution in [0.4, 0.5) is 14.5 Å². The lowest BCUT2D eigenvalue weighted by Gasteiger charge is -2.09. The number of anilines is 1. The van der Waals surface area contributed by atoms with E-state index < -0.39 is 40.0 Å². The highest BCUT2D eigenvalue weighted by molar-refractivity contribution is 7.90. The Labute approximate surface area is 142 Å². The van der Waals surface area contributed by atoms with E-state index in [1.54, 1.807) is 0 Å². The monoisotopic (exact) mass is 369 g/mol. The van der Waals surface area contributed by atoms with Crippen molar-refractivity contribution < 1.29 is 31.5 Å². The van der Waals surface area contributed by atoms with Crippen molar-refractivity contribution in [3.05, 3.63) is 59.7 Å². The van der Waals surface area contributed by atoms with Crippen LogP contribution < -0.4 is 5.32 Å². The van der Waals surface area contributed by atoms with E-state index in [-0.39, 0.29) is 16.1 Å². The molecule has 2 aromatic carbocycles. The van der Waals surface area contributed by atoms with E-state index in [4.69, 9.17) is 4.74 Å². The highest BCUT2D eigenvalue weighted by atomic mass is 32.2. The lowest BCUT2D eigenvalue weighted by atomic mass is 10.2. The third-order valence-corrected chi connectivity index (χ3v) is 4.20. The molecule has 0 aliphatic carbocycles. The zero-order valence-corrected chi connectivity index (χ0v) is 13.8. The molecule has 9 heteroatoms. The van der Waals surface area contributed by atoms with Gasteiger partial charge in [0, 0.05) is 18.0 Å². The Bertz CT molecular complexity index is 928. The average Bonchev–Trinajstić information content (AvgIpc) is 2.55. The van der Waals surface area contributed by atoms with Crippen molar-refractivity contribution in [2.75, 3.05) is 18.2 Å².